The van der Waals surface area contributed by atoms with Crippen molar-refractivity contribution in [1.29, 1.82) is 0 Å². The van der Waals surface area contributed by atoms with E-state index in [1.54, 1.807) is 0 Å². The number of rotatable bonds is 7. The highest BCUT2D eigenvalue weighted by molar-refractivity contribution is 5.69. The second-order valence-electron chi connectivity index (χ2n) is 4.16. The Kier molecular flexibility index (Phi) is 5.19. The SMILES string of the molecule is CCCC(=O)On1nnnc1COCc1ccccc1. The quantitative estimate of drug-likeness (QED) is 0.706. The number of ether oxygens (including phenoxy) is 1. The zero-order valence-corrected chi connectivity index (χ0v) is 11.2. The van der Waals surface area contributed by atoms with Crippen LogP contribution in [0.3, 0.4) is 0 Å². The molecular weight excluding hydrogens is 260 g/mol. The molecule has 0 bridgehead atoms. The Morgan fingerprint density at radius 2 is 2.05 bits per heavy atom. The molecule has 0 saturated heterocycles. The van der Waals surface area contributed by atoms with Gasteiger partial charge in [0, 0.05) is 6.42 Å². The van der Waals surface area contributed by atoms with Crippen molar-refractivity contribution in [2.24, 2.45) is 0 Å². The van der Waals surface area contributed by atoms with Crippen LogP contribution in [0.1, 0.15) is 31.2 Å². The highest BCUT2D eigenvalue weighted by atomic mass is 16.7. The molecule has 20 heavy (non-hydrogen) atoms. The van der Waals surface area contributed by atoms with E-state index in [9.17, 15) is 4.79 Å². The van der Waals surface area contributed by atoms with Gasteiger partial charge in [-0.25, -0.2) is 4.79 Å². The van der Waals surface area contributed by atoms with Gasteiger partial charge in [-0.15, -0.1) is 5.10 Å². The first-order valence-corrected chi connectivity index (χ1v) is 6.39. The number of hydrogen-bond acceptors (Lipinski definition) is 6. The van der Waals surface area contributed by atoms with Gasteiger partial charge in [0.1, 0.15) is 6.61 Å². The van der Waals surface area contributed by atoms with E-state index in [4.69, 9.17) is 9.57 Å². The summed E-state index contributed by atoms with van der Waals surface area (Å²) in [6.07, 6.45) is 1.03. The van der Waals surface area contributed by atoms with Crippen molar-refractivity contribution in [3.05, 3.63) is 41.7 Å². The van der Waals surface area contributed by atoms with Gasteiger partial charge in [0.25, 0.3) is 0 Å². The lowest BCUT2D eigenvalue weighted by molar-refractivity contribution is -0.146. The Morgan fingerprint density at radius 3 is 2.80 bits per heavy atom. The minimum Gasteiger partial charge on any atom is -0.369 e. The second kappa shape index (κ2) is 7.34. The van der Waals surface area contributed by atoms with E-state index in [1.165, 1.54) is 0 Å². The van der Waals surface area contributed by atoms with Crippen LogP contribution >= 0.6 is 0 Å². The van der Waals surface area contributed by atoms with Crippen LogP contribution in [0.15, 0.2) is 30.3 Å². The van der Waals surface area contributed by atoms with Crippen LogP contribution in [0, 0.1) is 0 Å². The summed E-state index contributed by atoms with van der Waals surface area (Å²) in [5.74, 6) is -0.0190. The third-order valence-electron chi connectivity index (χ3n) is 2.49. The monoisotopic (exact) mass is 276 g/mol. The molecule has 7 heteroatoms. The largest absolute Gasteiger partial charge is 0.369 e. The molecule has 0 aliphatic carbocycles. The third kappa shape index (κ3) is 4.13. The van der Waals surface area contributed by atoms with Crippen molar-refractivity contribution in [3.8, 4) is 0 Å². The normalized spacial score (nSPS) is 10.4. The van der Waals surface area contributed by atoms with Gasteiger partial charge in [-0.1, -0.05) is 42.1 Å². The molecule has 0 aliphatic heterocycles. The summed E-state index contributed by atoms with van der Waals surface area (Å²) >= 11 is 0. The molecule has 2 aromatic rings. The average Bonchev–Trinajstić information content (AvgIpc) is 2.88. The zero-order valence-electron chi connectivity index (χ0n) is 11.2. The van der Waals surface area contributed by atoms with Crippen molar-refractivity contribution >= 4 is 5.97 Å². The van der Waals surface area contributed by atoms with Gasteiger partial charge >= 0.3 is 5.97 Å². The molecule has 106 valence electrons. The van der Waals surface area contributed by atoms with Crippen LogP contribution in [0.4, 0.5) is 0 Å². The smallest absolute Gasteiger partial charge is 0.335 e. The molecule has 0 N–H and O–H groups in total. The lowest BCUT2D eigenvalue weighted by Gasteiger charge is -2.05. The molecule has 0 aliphatic rings. The van der Waals surface area contributed by atoms with Crippen LogP contribution in [-0.2, 0) is 22.7 Å². The number of carbonyl (C=O) groups excluding carboxylic acids is 1. The number of aromatic nitrogens is 4. The fourth-order valence-corrected chi connectivity index (χ4v) is 1.53. The number of hydrogen-bond donors (Lipinski definition) is 0. The summed E-state index contributed by atoms with van der Waals surface area (Å²) in [7, 11) is 0. The lowest BCUT2D eigenvalue weighted by Crippen LogP contribution is -2.23. The van der Waals surface area contributed by atoms with E-state index < -0.39 is 0 Å². The molecule has 0 radical (unpaired) electrons. The minimum absolute atomic E-state index is 0.168. The molecule has 0 saturated carbocycles. The molecule has 1 aromatic carbocycles. The van der Waals surface area contributed by atoms with E-state index in [0.29, 0.717) is 25.3 Å². The predicted molar refractivity (Wildman–Crippen MR) is 69.2 cm³/mol. The Labute approximate surface area is 116 Å². The van der Waals surface area contributed by atoms with E-state index in [-0.39, 0.29) is 12.6 Å². The van der Waals surface area contributed by atoms with E-state index >= 15 is 0 Å². The highest BCUT2D eigenvalue weighted by Crippen LogP contribution is 2.03. The van der Waals surface area contributed by atoms with Crippen LogP contribution in [0.2, 0.25) is 0 Å². The molecule has 0 unspecified atom stereocenters. The standard InChI is InChI=1S/C13H16N4O3/c1-2-6-13(18)20-17-12(14-15-16-17)10-19-9-11-7-4-3-5-8-11/h3-5,7-8H,2,6,9-10H2,1H3. The maximum atomic E-state index is 11.4. The number of tetrazole rings is 1. The van der Waals surface area contributed by atoms with Gasteiger partial charge < -0.3 is 9.57 Å². The molecule has 1 heterocycles. The maximum Gasteiger partial charge on any atom is 0.335 e. The van der Waals surface area contributed by atoms with Gasteiger partial charge in [0.2, 0.25) is 5.82 Å². The average molecular weight is 276 g/mol. The second-order valence-corrected chi connectivity index (χ2v) is 4.16. The molecule has 0 spiro atoms. The molecule has 1 aromatic heterocycles. The van der Waals surface area contributed by atoms with Crippen LogP contribution < -0.4 is 4.84 Å². The highest BCUT2D eigenvalue weighted by Gasteiger charge is 2.11. The summed E-state index contributed by atoms with van der Waals surface area (Å²) in [5, 5.41) is 10.8. The first-order valence-electron chi connectivity index (χ1n) is 6.39. The van der Waals surface area contributed by atoms with Gasteiger partial charge in [-0.3, -0.25) is 0 Å². The van der Waals surface area contributed by atoms with E-state index in [1.807, 2.05) is 37.3 Å². The van der Waals surface area contributed by atoms with Crippen molar-refractivity contribution in [1.82, 2.24) is 20.4 Å². The molecule has 0 fully saturated rings. The van der Waals surface area contributed by atoms with Crippen molar-refractivity contribution in [2.45, 2.75) is 33.0 Å². The topological polar surface area (TPSA) is 79.1 Å². The van der Waals surface area contributed by atoms with Crippen LogP contribution in [0.5, 0.6) is 0 Å². The van der Waals surface area contributed by atoms with Gasteiger partial charge in [-0.2, -0.15) is 0 Å². The Morgan fingerprint density at radius 1 is 1.25 bits per heavy atom. The zero-order chi connectivity index (χ0) is 14.2. The molecule has 7 nitrogen and oxygen atoms in total. The summed E-state index contributed by atoms with van der Waals surface area (Å²) in [5.41, 5.74) is 1.05. The fourth-order valence-electron chi connectivity index (χ4n) is 1.53. The van der Waals surface area contributed by atoms with Crippen molar-refractivity contribution < 1.29 is 14.4 Å². The maximum absolute atomic E-state index is 11.4. The summed E-state index contributed by atoms with van der Waals surface area (Å²) < 4.78 is 5.49. The van der Waals surface area contributed by atoms with Crippen LogP contribution in [0.25, 0.3) is 0 Å². The first kappa shape index (κ1) is 14.1. The molecule has 0 atom stereocenters. The third-order valence-corrected chi connectivity index (χ3v) is 2.49. The van der Waals surface area contributed by atoms with Crippen molar-refractivity contribution in [2.75, 3.05) is 0 Å². The van der Waals surface area contributed by atoms with Crippen molar-refractivity contribution in [3.63, 3.8) is 0 Å². The molecule has 2 rings (SSSR count). The fraction of sp³-hybridized carbons (Fsp3) is 0.385. The van der Waals surface area contributed by atoms with Gasteiger partial charge in [0.15, 0.2) is 0 Å². The van der Waals surface area contributed by atoms with Gasteiger partial charge in [0.05, 0.1) is 6.61 Å². The Bertz CT molecular complexity index is 542. The molecular formula is C13H16N4O3. The minimum atomic E-state index is -0.371. The first-order chi connectivity index (χ1) is 9.79. The van der Waals surface area contributed by atoms with Crippen LogP contribution in [-0.4, -0.2) is 26.3 Å². The Hall–Kier alpha value is -2.28. The number of carbonyl (C=O) groups is 1. The molecule has 0 amide bonds. The number of benzene rings is 1. The summed E-state index contributed by atoms with van der Waals surface area (Å²) in [4.78, 5) is 17.4. The number of nitrogens with zero attached hydrogens (tertiary/aromatic N) is 4. The van der Waals surface area contributed by atoms with E-state index in [2.05, 4.69) is 15.5 Å². The summed E-state index contributed by atoms with van der Waals surface area (Å²) in [6.45, 7) is 2.50. The van der Waals surface area contributed by atoms with Gasteiger partial charge in [-0.05, 0) is 22.4 Å². The lowest BCUT2D eigenvalue weighted by atomic mass is 10.2. The Balaban J connectivity index is 1.84. The summed E-state index contributed by atoms with van der Waals surface area (Å²) in [6, 6.07) is 9.75. The predicted octanol–water partition coefficient (Wildman–Crippen LogP) is 1.15. The van der Waals surface area contributed by atoms with E-state index in [0.717, 1.165) is 10.4 Å².